The van der Waals surface area contributed by atoms with Gasteiger partial charge in [0.25, 0.3) is 0 Å². The molecule has 178 valence electrons. The average Bonchev–Trinajstić information content (AvgIpc) is 2.85. The van der Waals surface area contributed by atoms with Gasteiger partial charge in [0.2, 0.25) is 0 Å². The summed E-state index contributed by atoms with van der Waals surface area (Å²) in [7, 11) is -9.33. The smallest absolute Gasteiger partial charge is 0.324 e. The van der Waals surface area contributed by atoms with Crippen LogP contribution in [0.3, 0.4) is 0 Å². The van der Waals surface area contributed by atoms with Crippen molar-refractivity contribution < 1.29 is 28.7 Å². The summed E-state index contributed by atoms with van der Waals surface area (Å²) in [4.78, 5) is 37.8. The first-order chi connectivity index (χ1) is 13.7. The van der Waals surface area contributed by atoms with E-state index < -0.39 is 38.2 Å². The van der Waals surface area contributed by atoms with Gasteiger partial charge in [-0.1, -0.05) is 51.4 Å². The van der Waals surface area contributed by atoms with Crippen LogP contribution >= 0.6 is 15.2 Å². The SMILES string of the molecule is NC(N)(CCC(CP(=O)(O)O)P(=O)(O)O)C1(N)CCCCCCC12CCCCCC2. The first kappa shape index (κ1) is 26.4. The molecule has 2 rings (SSSR count). The van der Waals surface area contributed by atoms with Gasteiger partial charge in [-0.05, 0) is 43.9 Å². The number of rotatable bonds is 7. The van der Waals surface area contributed by atoms with Gasteiger partial charge in [-0.25, -0.2) is 0 Å². The molecule has 0 bridgehead atoms. The van der Waals surface area contributed by atoms with E-state index in [1.54, 1.807) is 0 Å². The van der Waals surface area contributed by atoms with E-state index >= 15 is 0 Å². The van der Waals surface area contributed by atoms with Crippen molar-refractivity contribution in [3.63, 3.8) is 0 Å². The minimum absolute atomic E-state index is 0.00102. The summed E-state index contributed by atoms with van der Waals surface area (Å²) in [5, 5.41) is 0. The second-order valence-corrected chi connectivity index (χ2v) is 13.4. The highest BCUT2D eigenvalue weighted by Crippen LogP contribution is 2.55. The molecule has 0 amide bonds. The maximum absolute atomic E-state index is 11.9. The third-order valence-electron chi connectivity index (χ3n) is 7.63. The average molecular weight is 470 g/mol. The quantitative estimate of drug-likeness (QED) is 0.217. The summed E-state index contributed by atoms with van der Waals surface area (Å²) in [6.07, 6.45) is 11.0. The highest BCUT2D eigenvalue weighted by molar-refractivity contribution is 7.56. The Morgan fingerprint density at radius 2 is 1.23 bits per heavy atom. The van der Waals surface area contributed by atoms with Crippen LogP contribution in [0.5, 0.6) is 0 Å². The van der Waals surface area contributed by atoms with Crippen LogP contribution in [-0.4, -0.2) is 42.6 Å². The molecule has 0 aromatic heterocycles. The Morgan fingerprint density at radius 1 is 0.800 bits per heavy atom. The maximum Gasteiger partial charge on any atom is 0.329 e. The second-order valence-electron chi connectivity index (χ2n) is 9.75. The lowest BCUT2D eigenvalue weighted by molar-refractivity contribution is -0.00229. The van der Waals surface area contributed by atoms with Gasteiger partial charge in [0.1, 0.15) is 0 Å². The van der Waals surface area contributed by atoms with Gasteiger partial charge < -0.3 is 36.8 Å². The van der Waals surface area contributed by atoms with E-state index in [4.69, 9.17) is 17.2 Å². The van der Waals surface area contributed by atoms with Crippen molar-refractivity contribution in [1.82, 2.24) is 0 Å². The van der Waals surface area contributed by atoms with Crippen LogP contribution in [0, 0.1) is 5.41 Å². The van der Waals surface area contributed by atoms with Crippen LogP contribution in [-0.2, 0) is 9.13 Å². The van der Waals surface area contributed by atoms with Crippen molar-refractivity contribution >= 4 is 15.2 Å². The third-order valence-corrected chi connectivity index (χ3v) is 10.2. The Hall–Kier alpha value is 0.180. The molecular formula is C19H41N3O6P2. The van der Waals surface area contributed by atoms with E-state index in [1.807, 2.05) is 0 Å². The lowest BCUT2D eigenvalue weighted by atomic mass is 9.55. The third kappa shape index (κ3) is 6.37. The first-order valence-electron chi connectivity index (χ1n) is 11.2. The van der Waals surface area contributed by atoms with Gasteiger partial charge >= 0.3 is 15.2 Å². The fraction of sp³-hybridized carbons (Fsp3) is 1.00. The molecule has 9 nitrogen and oxygen atoms in total. The predicted molar refractivity (Wildman–Crippen MR) is 118 cm³/mol. The minimum Gasteiger partial charge on any atom is -0.324 e. The van der Waals surface area contributed by atoms with Gasteiger partial charge in [0, 0.05) is 0 Å². The van der Waals surface area contributed by atoms with Crippen LogP contribution in [0.1, 0.15) is 89.9 Å². The Labute approximate surface area is 179 Å². The summed E-state index contributed by atoms with van der Waals surface area (Å²) in [6, 6.07) is 0. The molecule has 1 spiro atoms. The Bertz CT molecular complexity index is 657. The molecule has 0 aromatic rings. The molecule has 2 aliphatic carbocycles. The Morgan fingerprint density at radius 3 is 1.63 bits per heavy atom. The topological polar surface area (TPSA) is 193 Å². The maximum atomic E-state index is 11.9. The van der Waals surface area contributed by atoms with E-state index in [-0.39, 0.29) is 18.3 Å². The standard InChI is InChI=1S/C19H41N3O6P2/c20-18(13-8-4-3-7-12-17(18)10-5-1-2-6-11-17)19(21,22)14-9-16(30(26,27)28)15-29(23,24)25/h16H,1-15,20-22H2,(H2,23,24,25)(H2,26,27,28). The zero-order valence-corrected chi connectivity index (χ0v) is 19.7. The van der Waals surface area contributed by atoms with Crippen LogP contribution in [0.15, 0.2) is 0 Å². The van der Waals surface area contributed by atoms with E-state index in [9.17, 15) is 28.7 Å². The molecule has 2 saturated carbocycles. The molecule has 10 N–H and O–H groups in total. The van der Waals surface area contributed by atoms with Gasteiger partial charge in [0.15, 0.2) is 0 Å². The summed E-state index contributed by atoms with van der Waals surface area (Å²) in [5.41, 5.74) is 16.4. The van der Waals surface area contributed by atoms with E-state index in [0.29, 0.717) is 6.42 Å². The zero-order valence-electron chi connectivity index (χ0n) is 17.9. The highest BCUT2D eigenvalue weighted by atomic mass is 31.2. The molecule has 2 aliphatic rings. The highest BCUT2D eigenvalue weighted by Gasteiger charge is 2.57. The number of nitrogens with two attached hydrogens (primary N) is 3. The van der Waals surface area contributed by atoms with Gasteiger partial charge in [0.05, 0.1) is 23.0 Å². The van der Waals surface area contributed by atoms with Gasteiger partial charge in [-0.2, -0.15) is 0 Å². The molecule has 2 unspecified atom stereocenters. The fourth-order valence-electron chi connectivity index (χ4n) is 5.81. The van der Waals surface area contributed by atoms with Crippen molar-refractivity contribution in [1.29, 1.82) is 0 Å². The summed E-state index contributed by atoms with van der Waals surface area (Å²) >= 11 is 0. The molecule has 30 heavy (non-hydrogen) atoms. The summed E-state index contributed by atoms with van der Waals surface area (Å²) in [6.45, 7) is 0. The Kier molecular flexibility index (Phi) is 8.80. The monoisotopic (exact) mass is 469 g/mol. The summed E-state index contributed by atoms with van der Waals surface area (Å²) in [5.74, 6) is 0. The van der Waals surface area contributed by atoms with Crippen LogP contribution in [0.2, 0.25) is 0 Å². The lowest BCUT2D eigenvalue weighted by Gasteiger charge is -2.57. The molecule has 0 radical (unpaired) electrons. The number of hydrogen-bond acceptors (Lipinski definition) is 5. The van der Waals surface area contributed by atoms with Crippen molar-refractivity contribution in [3.05, 3.63) is 0 Å². The molecule has 0 aromatic carbocycles. The molecule has 11 heteroatoms. The van der Waals surface area contributed by atoms with E-state index in [0.717, 1.165) is 70.6 Å². The first-order valence-corrected chi connectivity index (χ1v) is 14.7. The van der Waals surface area contributed by atoms with Crippen molar-refractivity contribution in [2.24, 2.45) is 22.6 Å². The van der Waals surface area contributed by atoms with Crippen molar-refractivity contribution in [2.75, 3.05) is 6.16 Å². The van der Waals surface area contributed by atoms with Crippen LogP contribution < -0.4 is 17.2 Å². The molecule has 2 atom stereocenters. The van der Waals surface area contributed by atoms with Gasteiger partial charge in [-0.3, -0.25) is 9.13 Å². The van der Waals surface area contributed by atoms with Crippen molar-refractivity contribution in [2.45, 2.75) is 107 Å². The molecule has 2 fully saturated rings. The van der Waals surface area contributed by atoms with Crippen LogP contribution in [0.4, 0.5) is 0 Å². The second kappa shape index (κ2) is 9.98. The van der Waals surface area contributed by atoms with E-state index in [1.165, 1.54) is 0 Å². The molecular weight excluding hydrogens is 428 g/mol. The largest absolute Gasteiger partial charge is 0.329 e. The molecule has 0 saturated heterocycles. The normalized spacial score (nSPS) is 27.8. The zero-order chi connectivity index (χ0) is 22.7. The fourth-order valence-corrected chi connectivity index (χ4v) is 8.49. The lowest BCUT2D eigenvalue weighted by Crippen LogP contribution is -2.77. The van der Waals surface area contributed by atoms with Gasteiger partial charge in [-0.15, -0.1) is 0 Å². The van der Waals surface area contributed by atoms with E-state index in [2.05, 4.69) is 0 Å². The summed E-state index contributed by atoms with van der Waals surface area (Å²) < 4.78 is 23.3. The Balaban J connectivity index is 2.31. The molecule has 0 heterocycles. The predicted octanol–water partition coefficient (Wildman–Crippen LogP) is 2.50. The van der Waals surface area contributed by atoms with Crippen molar-refractivity contribution in [3.8, 4) is 0 Å². The number of hydrogen-bond donors (Lipinski definition) is 7. The molecule has 0 aliphatic heterocycles. The minimum atomic E-state index is -4.73. The van der Waals surface area contributed by atoms with Crippen LogP contribution in [0.25, 0.3) is 0 Å².